The molecule has 2 heterocycles. The summed E-state index contributed by atoms with van der Waals surface area (Å²) in [5, 5.41) is 14.0. The first kappa shape index (κ1) is 13.5. The van der Waals surface area contributed by atoms with Gasteiger partial charge in [0, 0.05) is 5.38 Å². The highest BCUT2D eigenvalue weighted by atomic mass is 35.5. The fraction of sp³-hybridized carbons (Fsp3) is 0.0769. The first-order valence-corrected chi connectivity index (χ1v) is 8.01. The summed E-state index contributed by atoms with van der Waals surface area (Å²) in [6, 6.07) is 7.54. The van der Waals surface area contributed by atoms with E-state index in [0.29, 0.717) is 15.7 Å². The van der Waals surface area contributed by atoms with Crippen molar-refractivity contribution in [1.82, 2.24) is 9.55 Å². The molecular weight excluding hydrogens is 316 g/mol. The molecule has 2 aromatic heterocycles. The maximum absolute atomic E-state index is 10.8. The molecule has 7 heteroatoms. The maximum atomic E-state index is 10.8. The molecule has 0 unspecified atom stereocenters. The number of carboxylic acid groups (broad SMARTS) is 1. The fourth-order valence-electron chi connectivity index (χ4n) is 1.90. The summed E-state index contributed by atoms with van der Waals surface area (Å²) in [7, 11) is 0. The number of halogens is 1. The van der Waals surface area contributed by atoms with Gasteiger partial charge in [0.1, 0.15) is 5.52 Å². The van der Waals surface area contributed by atoms with E-state index in [2.05, 4.69) is 4.98 Å². The number of carbonyl (C=O) groups is 1. The third-order valence-electron chi connectivity index (χ3n) is 2.69. The zero-order valence-corrected chi connectivity index (χ0v) is 12.5. The number of thioether (sulfide) groups is 1. The molecule has 20 heavy (non-hydrogen) atoms. The second-order valence-electron chi connectivity index (χ2n) is 4.00. The summed E-state index contributed by atoms with van der Waals surface area (Å²) in [5.41, 5.74) is 2.53. The molecule has 4 nitrogen and oxygen atoms in total. The van der Waals surface area contributed by atoms with Crippen LogP contribution in [0.25, 0.3) is 16.7 Å². The largest absolute Gasteiger partial charge is 0.481 e. The number of hydrogen-bond acceptors (Lipinski definition) is 4. The smallest absolute Gasteiger partial charge is 0.313 e. The van der Waals surface area contributed by atoms with Crippen LogP contribution in [0.4, 0.5) is 0 Å². The van der Waals surface area contributed by atoms with E-state index >= 15 is 0 Å². The highest BCUT2D eigenvalue weighted by Gasteiger charge is 2.16. The fourth-order valence-corrected chi connectivity index (χ4v) is 3.47. The van der Waals surface area contributed by atoms with Crippen molar-refractivity contribution >= 4 is 51.7 Å². The lowest BCUT2D eigenvalue weighted by Crippen LogP contribution is -2.01. The summed E-state index contributed by atoms with van der Waals surface area (Å²) in [6.45, 7) is 0. The van der Waals surface area contributed by atoms with Crippen molar-refractivity contribution in [3.63, 3.8) is 0 Å². The van der Waals surface area contributed by atoms with Crippen LogP contribution in [0.2, 0.25) is 5.02 Å². The minimum absolute atomic E-state index is 0.0366. The van der Waals surface area contributed by atoms with Crippen molar-refractivity contribution in [2.45, 2.75) is 5.16 Å². The van der Waals surface area contributed by atoms with Crippen molar-refractivity contribution in [2.75, 3.05) is 5.75 Å². The molecule has 102 valence electrons. The van der Waals surface area contributed by atoms with Gasteiger partial charge in [-0.1, -0.05) is 29.4 Å². The van der Waals surface area contributed by atoms with Gasteiger partial charge in [0.15, 0.2) is 5.16 Å². The van der Waals surface area contributed by atoms with Crippen LogP contribution in [-0.2, 0) is 4.79 Å². The standard InChI is InChI=1S/C13H9ClN2O2S2/c14-9-2-1-3-10-12(9)15-13(20-7-11(17)18)16(10)8-4-5-19-6-8/h1-6H,7H2,(H,17,18). The van der Waals surface area contributed by atoms with E-state index in [9.17, 15) is 4.79 Å². The molecule has 0 aliphatic rings. The molecule has 0 aliphatic heterocycles. The van der Waals surface area contributed by atoms with Gasteiger partial charge in [-0.2, -0.15) is 11.3 Å². The van der Waals surface area contributed by atoms with Crippen LogP contribution in [0.5, 0.6) is 0 Å². The Hall–Kier alpha value is -1.50. The number of aromatic nitrogens is 2. The lowest BCUT2D eigenvalue weighted by molar-refractivity contribution is -0.133. The third-order valence-corrected chi connectivity index (χ3v) is 4.59. The van der Waals surface area contributed by atoms with Gasteiger partial charge in [-0.15, -0.1) is 0 Å². The average molecular weight is 325 g/mol. The number of benzene rings is 1. The van der Waals surface area contributed by atoms with Crippen LogP contribution >= 0.6 is 34.7 Å². The topological polar surface area (TPSA) is 55.1 Å². The van der Waals surface area contributed by atoms with Gasteiger partial charge in [-0.3, -0.25) is 9.36 Å². The summed E-state index contributed by atoms with van der Waals surface area (Å²) in [6.07, 6.45) is 0. The third kappa shape index (κ3) is 2.42. The first-order chi connectivity index (χ1) is 9.66. The second-order valence-corrected chi connectivity index (χ2v) is 6.13. The van der Waals surface area contributed by atoms with Crippen molar-refractivity contribution in [3.05, 3.63) is 40.0 Å². The van der Waals surface area contributed by atoms with E-state index in [1.165, 1.54) is 11.8 Å². The molecule has 3 rings (SSSR count). The Labute approximate surface area is 128 Å². The zero-order chi connectivity index (χ0) is 14.1. The monoisotopic (exact) mass is 324 g/mol. The molecule has 0 spiro atoms. The predicted molar refractivity (Wildman–Crippen MR) is 82.3 cm³/mol. The maximum Gasteiger partial charge on any atom is 0.313 e. The van der Waals surface area contributed by atoms with E-state index in [-0.39, 0.29) is 5.75 Å². The van der Waals surface area contributed by atoms with Gasteiger partial charge >= 0.3 is 5.97 Å². The van der Waals surface area contributed by atoms with E-state index in [0.717, 1.165) is 11.2 Å². The number of carboxylic acids is 1. The molecule has 3 aromatic rings. The lowest BCUT2D eigenvalue weighted by Gasteiger charge is -2.05. The summed E-state index contributed by atoms with van der Waals surface area (Å²) in [5.74, 6) is -0.907. The summed E-state index contributed by atoms with van der Waals surface area (Å²) in [4.78, 5) is 15.2. The van der Waals surface area contributed by atoms with Crippen LogP contribution in [0.15, 0.2) is 40.2 Å². The summed E-state index contributed by atoms with van der Waals surface area (Å²) < 4.78 is 1.94. The normalized spacial score (nSPS) is 11.1. The molecule has 0 saturated carbocycles. The van der Waals surface area contributed by atoms with Crippen LogP contribution in [0.3, 0.4) is 0 Å². The van der Waals surface area contributed by atoms with Gasteiger partial charge in [-0.05, 0) is 23.6 Å². The molecule has 1 aromatic carbocycles. The Morgan fingerprint density at radius 3 is 3.00 bits per heavy atom. The van der Waals surface area contributed by atoms with E-state index in [1.54, 1.807) is 17.4 Å². The number of hydrogen-bond donors (Lipinski definition) is 1. The SMILES string of the molecule is O=C(O)CSc1nc2c(Cl)cccc2n1-c1ccsc1. The van der Waals surface area contributed by atoms with Crippen molar-refractivity contribution < 1.29 is 9.90 Å². The highest BCUT2D eigenvalue weighted by molar-refractivity contribution is 7.99. The van der Waals surface area contributed by atoms with Gasteiger partial charge in [0.05, 0.1) is 22.0 Å². The molecule has 0 saturated heterocycles. The molecule has 0 bridgehead atoms. The van der Waals surface area contributed by atoms with E-state index in [4.69, 9.17) is 16.7 Å². The Bertz CT molecular complexity index is 768. The number of thiophene rings is 1. The quantitative estimate of drug-likeness (QED) is 0.739. The number of fused-ring (bicyclic) bond motifs is 1. The number of aliphatic carboxylic acids is 1. The Morgan fingerprint density at radius 2 is 2.30 bits per heavy atom. The minimum atomic E-state index is -0.870. The van der Waals surface area contributed by atoms with Crippen LogP contribution < -0.4 is 0 Å². The van der Waals surface area contributed by atoms with E-state index < -0.39 is 5.97 Å². The molecular formula is C13H9ClN2O2S2. The van der Waals surface area contributed by atoms with Gasteiger partial charge in [0.25, 0.3) is 0 Å². The second kappa shape index (κ2) is 5.47. The van der Waals surface area contributed by atoms with E-state index in [1.807, 2.05) is 33.5 Å². The minimum Gasteiger partial charge on any atom is -0.481 e. The Kier molecular flexibility index (Phi) is 3.69. The van der Waals surface area contributed by atoms with Crippen LogP contribution in [-0.4, -0.2) is 26.4 Å². The molecule has 0 radical (unpaired) electrons. The number of imidazole rings is 1. The van der Waals surface area contributed by atoms with Crippen molar-refractivity contribution in [2.24, 2.45) is 0 Å². The zero-order valence-electron chi connectivity index (χ0n) is 10.1. The molecule has 1 N–H and O–H groups in total. The molecule has 0 aliphatic carbocycles. The van der Waals surface area contributed by atoms with Crippen molar-refractivity contribution in [1.29, 1.82) is 0 Å². The molecule has 0 amide bonds. The Morgan fingerprint density at radius 1 is 1.45 bits per heavy atom. The van der Waals surface area contributed by atoms with Crippen LogP contribution in [0, 0.1) is 0 Å². The highest BCUT2D eigenvalue weighted by Crippen LogP contribution is 2.32. The first-order valence-electron chi connectivity index (χ1n) is 5.71. The van der Waals surface area contributed by atoms with Crippen LogP contribution in [0.1, 0.15) is 0 Å². The molecule has 0 atom stereocenters. The van der Waals surface area contributed by atoms with Gasteiger partial charge in [0.2, 0.25) is 0 Å². The number of nitrogens with zero attached hydrogens (tertiary/aromatic N) is 2. The van der Waals surface area contributed by atoms with Crippen molar-refractivity contribution in [3.8, 4) is 5.69 Å². The van der Waals surface area contributed by atoms with Gasteiger partial charge in [-0.25, -0.2) is 4.98 Å². The average Bonchev–Trinajstić information content (AvgIpc) is 3.03. The number of rotatable bonds is 4. The lowest BCUT2D eigenvalue weighted by atomic mass is 10.3. The van der Waals surface area contributed by atoms with Gasteiger partial charge < -0.3 is 5.11 Å². The molecule has 0 fully saturated rings. The summed E-state index contributed by atoms with van der Waals surface area (Å²) >= 11 is 8.93. The number of para-hydroxylation sites is 1. The Balaban J connectivity index is 2.19. The predicted octanol–water partition coefficient (Wildman–Crippen LogP) is 3.92.